The number of nitrogens with two attached hydrogens (primary N) is 1. The van der Waals surface area contributed by atoms with Crippen LogP contribution >= 0.6 is 15.9 Å². The number of nitrogens with zero attached hydrogens (tertiary/aromatic N) is 2. The standard InChI is InChI=1S/C14H7BrF2N4O2/c15-6-1-2-10(23-14(16)17)7(3-6)11-8(4-18)12(20)21-13(22)9(11)5-19/h1-3,14H,(H3,20,21,22). The lowest BCUT2D eigenvalue weighted by Gasteiger charge is -2.14. The highest BCUT2D eigenvalue weighted by Crippen LogP contribution is 2.37. The molecule has 0 amide bonds. The Hall–Kier alpha value is -2.91. The molecule has 3 N–H and O–H groups in total. The van der Waals surface area contributed by atoms with E-state index in [0.29, 0.717) is 4.47 Å². The molecule has 23 heavy (non-hydrogen) atoms. The Kier molecular flexibility index (Phi) is 4.63. The summed E-state index contributed by atoms with van der Waals surface area (Å²) in [5.74, 6) is -0.560. The second-order valence-corrected chi connectivity index (χ2v) is 5.15. The maximum atomic E-state index is 12.6. The van der Waals surface area contributed by atoms with Crippen LogP contribution in [0.5, 0.6) is 5.75 Å². The summed E-state index contributed by atoms with van der Waals surface area (Å²) in [5, 5.41) is 18.4. The highest BCUT2D eigenvalue weighted by molar-refractivity contribution is 9.10. The van der Waals surface area contributed by atoms with Gasteiger partial charge in [0, 0.05) is 15.6 Å². The number of aromatic nitrogens is 1. The number of nitrogens with one attached hydrogen (secondary N) is 1. The Labute approximate surface area is 136 Å². The van der Waals surface area contributed by atoms with Gasteiger partial charge in [0.25, 0.3) is 5.56 Å². The van der Waals surface area contributed by atoms with Crippen molar-refractivity contribution in [3.63, 3.8) is 0 Å². The minimum Gasteiger partial charge on any atom is -0.434 e. The van der Waals surface area contributed by atoms with Gasteiger partial charge < -0.3 is 15.5 Å². The van der Waals surface area contributed by atoms with Gasteiger partial charge in [-0.3, -0.25) is 4.79 Å². The summed E-state index contributed by atoms with van der Waals surface area (Å²) in [7, 11) is 0. The van der Waals surface area contributed by atoms with Gasteiger partial charge in [-0.1, -0.05) is 15.9 Å². The van der Waals surface area contributed by atoms with Crippen molar-refractivity contribution < 1.29 is 13.5 Å². The first-order valence-electron chi connectivity index (χ1n) is 5.99. The molecule has 2 rings (SSSR count). The van der Waals surface area contributed by atoms with E-state index in [2.05, 4.69) is 25.7 Å². The van der Waals surface area contributed by atoms with Crippen LogP contribution in [0.2, 0.25) is 0 Å². The predicted octanol–water partition coefficient (Wildman–Crippen LogP) is 2.73. The van der Waals surface area contributed by atoms with Gasteiger partial charge in [0.1, 0.15) is 34.8 Å². The highest BCUT2D eigenvalue weighted by atomic mass is 79.9. The van der Waals surface area contributed by atoms with Gasteiger partial charge in [-0.15, -0.1) is 0 Å². The predicted molar refractivity (Wildman–Crippen MR) is 80.7 cm³/mol. The third-order valence-electron chi connectivity index (χ3n) is 2.90. The monoisotopic (exact) mass is 380 g/mol. The number of ether oxygens (including phenoxy) is 1. The van der Waals surface area contributed by atoms with Crippen LogP contribution in [-0.2, 0) is 0 Å². The van der Waals surface area contributed by atoms with Crippen molar-refractivity contribution in [2.24, 2.45) is 0 Å². The van der Waals surface area contributed by atoms with Crippen molar-refractivity contribution in [2.75, 3.05) is 5.73 Å². The first-order chi connectivity index (χ1) is 10.9. The number of pyridine rings is 1. The van der Waals surface area contributed by atoms with Gasteiger partial charge in [0.05, 0.1) is 0 Å². The normalized spacial score (nSPS) is 10.2. The minimum atomic E-state index is -3.12. The fraction of sp³-hybridized carbons (Fsp3) is 0.0714. The minimum absolute atomic E-state index is 0.0226. The van der Waals surface area contributed by atoms with Crippen LogP contribution in [0.4, 0.5) is 14.6 Å². The molecule has 0 saturated heterocycles. The smallest absolute Gasteiger partial charge is 0.387 e. The Morgan fingerprint density at radius 1 is 1.26 bits per heavy atom. The van der Waals surface area contributed by atoms with Gasteiger partial charge in [0.15, 0.2) is 0 Å². The van der Waals surface area contributed by atoms with Crippen LogP contribution in [0.25, 0.3) is 11.1 Å². The van der Waals surface area contributed by atoms with Crippen LogP contribution in [0.3, 0.4) is 0 Å². The molecular formula is C14H7BrF2N4O2. The summed E-state index contributed by atoms with van der Waals surface area (Å²) in [6.45, 7) is -3.12. The molecule has 1 aromatic heterocycles. The third kappa shape index (κ3) is 3.15. The van der Waals surface area contributed by atoms with Crippen molar-refractivity contribution in [1.82, 2.24) is 4.98 Å². The summed E-state index contributed by atoms with van der Waals surface area (Å²) >= 11 is 3.16. The average molecular weight is 381 g/mol. The van der Waals surface area contributed by atoms with E-state index in [4.69, 9.17) is 5.73 Å². The van der Waals surface area contributed by atoms with E-state index in [1.54, 1.807) is 12.1 Å². The molecule has 1 heterocycles. The number of hydrogen-bond donors (Lipinski definition) is 2. The average Bonchev–Trinajstić information content (AvgIpc) is 2.48. The Morgan fingerprint density at radius 2 is 1.91 bits per heavy atom. The molecule has 0 spiro atoms. The summed E-state index contributed by atoms with van der Waals surface area (Å²) < 4.78 is 30.0. The molecule has 2 aromatic rings. The number of alkyl halides is 2. The maximum absolute atomic E-state index is 12.6. The Bertz CT molecular complexity index is 913. The van der Waals surface area contributed by atoms with E-state index in [0.717, 1.165) is 0 Å². The number of H-pyrrole nitrogens is 1. The lowest BCUT2D eigenvalue weighted by atomic mass is 9.96. The fourth-order valence-electron chi connectivity index (χ4n) is 2.01. The molecule has 0 aliphatic rings. The molecule has 0 radical (unpaired) electrons. The molecule has 0 fully saturated rings. The van der Waals surface area contributed by atoms with Gasteiger partial charge in [0.2, 0.25) is 0 Å². The van der Waals surface area contributed by atoms with E-state index < -0.39 is 17.7 Å². The van der Waals surface area contributed by atoms with E-state index in [1.807, 2.05) is 0 Å². The Balaban J connectivity index is 2.92. The van der Waals surface area contributed by atoms with E-state index in [1.165, 1.54) is 18.2 Å². The molecule has 9 heteroatoms. The molecule has 0 saturated carbocycles. The van der Waals surface area contributed by atoms with Gasteiger partial charge in [-0.2, -0.15) is 19.3 Å². The van der Waals surface area contributed by atoms with E-state index >= 15 is 0 Å². The zero-order chi connectivity index (χ0) is 17.1. The lowest BCUT2D eigenvalue weighted by molar-refractivity contribution is -0.0494. The second-order valence-electron chi connectivity index (χ2n) is 4.24. The summed E-state index contributed by atoms with van der Waals surface area (Å²) in [4.78, 5) is 14.1. The van der Waals surface area contributed by atoms with E-state index in [9.17, 15) is 24.1 Å². The number of hydrogen-bond acceptors (Lipinski definition) is 5. The van der Waals surface area contributed by atoms with Crippen molar-refractivity contribution in [3.05, 3.63) is 44.2 Å². The number of benzene rings is 1. The third-order valence-corrected chi connectivity index (χ3v) is 3.39. The van der Waals surface area contributed by atoms with Crippen molar-refractivity contribution in [3.8, 4) is 29.0 Å². The number of halogens is 3. The molecular weight excluding hydrogens is 374 g/mol. The molecule has 6 nitrogen and oxygen atoms in total. The summed E-state index contributed by atoms with van der Waals surface area (Å²) in [5.41, 5.74) is 3.95. The SMILES string of the molecule is N#Cc1c(N)[nH]c(=O)c(C#N)c1-c1cc(Br)ccc1OC(F)F. The largest absolute Gasteiger partial charge is 0.434 e. The van der Waals surface area contributed by atoms with Crippen LogP contribution in [0.1, 0.15) is 11.1 Å². The first kappa shape index (κ1) is 16.5. The second kappa shape index (κ2) is 6.46. The molecule has 0 unspecified atom stereocenters. The van der Waals surface area contributed by atoms with Crippen LogP contribution < -0.4 is 16.0 Å². The lowest BCUT2D eigenvalue weighted by Crippen LogP contribution is -2.16. The number of nitriles is 2. The zero-order valence-corrected chi connectivity index (χ0v) is 12.8. The van der Waals surface area contributed by atoms with E-state index in [-0.39, 0.29) is 28.3 Å². The number of anilines is 1. The quantitative estimate of drug-likeness (QED) is 0.848. The topological polar surface area (TPSA) is 116 Å². The van der Waals surface area contributed by atoms with Gasteiger partial charge in [-0.05, 0) is 18.2 Å². The summed E-state index contributed by atoms with van der Waals surface area (Å²) in [6, 6.07) is 7.44. The van der Waals surface area contributed by atoms with Crippen LogP contribution in [0.15, 0.2) is 27.5 Å². The fourth-order valence-corrected chi connectivity index (χ4v) is 2.37. The van der Waals surface area contributed by atoms with Crippen molar-refractivity contribution >= 4 is 21.7 Å². The molecule has 116 valence electrons. The first-order valence-corrected chi connectivity index (χ1v) is 6.79. The number of aromatic amines is 1. The van der Waals surface area contributed by atoms with Crippen LogP contribution in [-0.4, -0.2) is 11.6 Å². The zero-order valence-electron chi connectivity index (χ0n) is 11.2. The summed E-state index contributed by atoms with van der Waals surface area (Å²) in [6.07, 6.45) is 0. The molecule has 0 atom stereocenters. The van der Waals surface area contributed by atoms with Crippen molar-refractivity contribution in [1.29, 1.82) is 10.5 Å². The van der Waals surface area contributed by atoms with Crippen molar-refractivity contribution in [2.45, 2.75) is 6.61 Å². The molecule has 0 aliphatic carbocycles. The Morgan fingerprint density at radius 3 is 2.48 bits per heavy atom. The number of rotatable bonds is 3. The van der Waals surface area contributed by atoms with Gasteiger partial charge >= 0.3 is 6.61 Å². The number of nitrogen functional groups attached to an aromatic ring is 1. The molecule has 0 aliphatic heterocycles. The highest BCUT2D eigenvalue weighted by Gasteiger charge is 2.22. The molecule has 0 bridgehead atoms. The molecule has 1 aromatic carbocycles. The maximum Gasteiger partial charge on any atom is 0.387 e. The van der Waals surface area contributed by atoms with Gasteiger partial charge in [-0.25, -0.2) is 0 Å². The van der Waals surface area contributed by atoms with Crippen LogP contribution in [0, 0.1) is 22.7 Å².